The maximum absolute atomic E-state index is 14.1. The summed E-state index contributed by atoms with van der Waals surface area (Å²) in [6.07, 6.45) is 3.95. The van der Waals surface area contributed by atoms with Gasteiger partial charge in [0.2, 0.25) is 5.95 Å². The average molecular weight is 498 g/mol. The topological polar surface area (TPSA) is 77.5 Å². The summed E-state index contributed by atoms with van der Waals surface area (Å²) in [7, 11) is 0. The van der Waals surface area contributed by atoms with Gasteiger partial charge in [0.1, 0.15) is 23.2 Å². The summed E-state index contributed by atoms with van der Waals surface area (Å²) in [5.74, 6) is 1.61. The maximum Gasteiger partial charge on any atom is 0.416 e. The van der Waals surface area contributed by atoms with Gasteiger partial charge in [0, 0.05) is 24.0 Å². The number of hydrogen-bond acceptors (Lipinski definition) is 6. The molecule has 4 heterocycles. The molecule has 1 atom stereocenters. The van der Waals surface area contributed by atoms with E-state index in [9.17, 15) is 17.6 Å². The van der Waals surface area contributed by atoms with Crippen molar-refractivity contribution < 1.29 is 17.6 Å². The zero-order chi connectivity index (χ0) is 25.2. The fraction of sp³-hybridized carbons (Fsp3) is 0.375. The fourth-order valence-electron chi connectivity index (χ4n) is 5.02. The Kier molecular flexibility index (Phi) is 5.09. The van der Waals surface area contributed by atoms with Gasteiger partial charge >= 0.3 is 6.18 Å². The first-order valence-electron chi connectivity index (χ1n) is 11.8. The summed E-state index contributed by atoms with van der Waals surface area (Å²) >= 11 is 0. The molecular weight excluding hydrogens is 476 g/mol. The Bertz CT molecular complexity index is 1450. The predicted octanol–water partition coefficient (Wildman–Crippen LogP) is 5.20. The number of aryl methyl sites for hydroxylation is 1. The van der Waals surface area contributed by atoms with Gasteiger partial charge in [0.05, 0.1) is 17.8 Å². The van der Waals surface area contributed by atoms with Crippen molar-refractivity contribution in [1.82, 2.24) is 34.3 Å². The van der Waals surface area contributed by atoms with Crippen molar-refractivity contribution in [3.8, 4) is 23.0 Å². The van der Waals surface area contributed by atoms with Gasteiger partial charge < -0.3 is 4.90 Å². The van der Waals surface area contributed by atoms with Crippen LogP contribution in [0.2, 0.25) is 0 Å². The van der Waals surface area contributed by atoms with Crippen molar-refractivity contribution in [3.63, 3.8) is 0 Å². The Morgan fingerprint density at radius 3 is 2.58 bits per heavy atom. The van der Waals surface area contributed by atoms with Gasteiger partial charge in [-0.05, 0) is 50.8 Å². The maximum atomic E-state index is 14.1. The lowest BCUT2D eigenvalue weighted by Crippen LogP contribution is -2.46. The number of halogens is 4. The molecule has 36 heavy (non-hydrogen) atoms. The van der Waals surface area contributed by atoms with Crippen molar-refractivity contribution in [2.24, 2.45) is 0 Å². The number of alkyl halides is 3. The van der Waals surface area contributed by atoms with Crippen LogP contribution in [0.1, 0.15) is 55.9 Å². The summed E-state index contributed by atoms with van der Waals surface area (Å²) in [5.41, 5.74) is -0.358. The number of benzene rings is 1. The summed E-state index contributed by atoms with van der Waals surface area (Å²) in [6, 6.07) is 2.63. The van der Waals surface area contributed by atoms with Crippen LogP contribution in [-0.4, -0.2) is 40.3 Å². The van der Waals surface area contributed by atoms with E-state index in [4.69, 9.17) is 4.98 Å². The summed E-state index contributed by atoms with van der Waals surface area (Å²) in [4.78, 5) is 15.9. The monoisotopic (exact) mass is 498 g/mol. The molecule has 0 saturated heterocycles. The molecule has 2 aliphatic rings. The second-order valence-corrected chi connectivity index (χ2v) is 9.08. The molecule has 0 unspecified atom stereocenters. The van der Waals surface area contributed by atoms with E-state index >= 15 is 0 Å². The molecular formula is C24H22F4N8. The standard InChI is InChI=1S/C24H22F4N8/c1-3-18-22-33-32-13(2)35(22)19-12-30-23(31-21(19)36(18)17-5-4-6-17)34-8-7-29-20(34)14-9-15(24(26,27)28)11-16(25)10-14/h7-12,17-18H,3-6H2,1-2H3/t18-/m1/s1. The van der Waals surface area contributed by atoms with E-state index in [1.54, 1.807) is 12.4 Å². The molecule has 3 aromatic heterocycles. The number of hydrogen-bond donors (Lipinski definition) is 0. The first-order chi connectivity index (χ1) is 17.3. The summed E-state index contributed by atoms with van der Waals surface area (Å²) in [6.45, 7) is 3.96. The van der Waals surface area contributed by atoms with Crippen LogP contribution in [0.15, 0.2) is 36.8 Å². The SMILES string of the molecule is CC[C@@H]1c2nnc(C)n2-c2cnc(-n3ccnc3-c3cc(F)cc(C(F)(F)F)c3)nc2N1C1CCC1. The first kappa shape index (κ1) is 22.6. The van der Waals surface area contributed by atoms with Gasteiger partial charge in [0.15, 0.2) is 11.6 Å². The van der Waals surface area contributed by atoms with Crippen molar-refractivity contribution >= 4 is 5.82 Å². The Morgan fingerprint density at radius 1 is 1.08 bits per heavy atom. The molecule has 6 rings (SSSR count). The number of anilines is 1. The highest BCUT2D eigenvalue weighted by Crippen LogP contribution is 2.44. The Labute approximate surface area is 203 Å². The number of nitrogens with zero attached hydrogens (tertiary/aromatic N) is 8. The van der Waals surface area contributed by atoms with E-state index in [0.29, 0.717) is 17.9 Å². The van der Waals surface area contributed by atoms with E-state index in [-0.39, 0.29) is 23.4 Å². The minimum absolute atomic E-state index is 0.0205. The molecule has 1 aliphatic heterocycles. The highest BCUT2D eigenvalue weighted by Gasteiger charge is 2.40. The average Bonchev–Trinajstić information content (AvgIpc) is 3.44. The van der Waals surface area contributed by atoms with Crippen LogP contribution in [0.25, 0.3) is 23.0 Å². The molecule has 8 nitrogen and oxygen atoms in total. The molecule has 0 amide bonds. The molecule has 1 aromatic carbocycles. The van der Waals surface area contributed by atoms with Crippen LogP contribution in [0.4, 0.5) is 23.4 Å². The fourth-order valence-corrected chi connectivity index (χ4v) is 5.02. The van der Waals surface area contributed by atoms with Gasteiger partial charge in [-0.2, -0.15) is 18.2 Å². The molecule has 186 valence electrons. The van der Waals surface area contributed by atoms with Crippen LogP contribution < -0.4 is 4.90 Å². The molecule has 1 aliphatic carbocycles. The Hall–Kier alpha value is -3.83. The minimum Gasteiger partial charge on any atom is -0.341 e. The van der Waals surface area contributed by atoms with Crippen LogP contribution in [-0.2, 0) is 6.18 Å². The quantitative estimate of drug-likeness (QED) is 0.360. The molecule has 0 bridgehead atoms. The van der Waals surface area contributed by atoms with Crippen LogP contribution in [0.5, 0.6) is 0 Å². The van der Waals surface area contributed by atoms with Crippen LogP contribution in [0.3, 0.4) is 0 Å². The van der Waals surface area contributed by atoms with E-state index in [1.807, 2.05) is 11.5 Å². The van der Waals surface area contributed by atoms with Crippen molar-refractivity contribution in [1.29, 1.82) is 0 Å². The van der Waals surface area contributed by atoms with E-state index in [2.05, 4.69) is 32.0 Å². The lowest BCUT2D eigenvalue weighted by Gasteiger charge is -2.45. The van der Waals surface area contributed by atoms with Gasteiger partial charge in [-0.25, -0.2) is 14.4 Å². The minimum atomic E-state index is -4.69. The molecule has 0 spiro atoms. The Balaban J connectivity index is 1.50. The van der Waals surface area contributed by atoms with Gasteiger partial charge in [-0.1, -0.05) is 6.92 Å². The van der Waals surface area contributed by atoms with Crippen molar-refractivity contribution in [3.05, 3.63) is 59.8 Å². The molecule has 1 saturated carbocycles. The predicted molar refractivity (Wildman–Crippen MR) is 122 cm³/mol. The third-order valence-electron chi connectivity index (χ3n) is 6.90. The van der Waals surface area contributed by atoms with E-state index in [1.165, 1.54) is 10.8 Å². The van der Waals surface area contributed by atoms with Gasteiger partial charge in [-0.3, -0.25) is 9.13 Å². The number of fused-ring (bicyclic) bond motifs is 3. The molecule has 12 heteroatoms. The first-order valence-corrected chi connectivity index (χ1v) is 11.8. The highest BCUT2D eigenvalue weighted by molar-refractivity contribution is 5.65. The summed E-state index contributed by atoms with van der Waals surface area (Å²) in [5, 5.41) is 8.72. The molecule has 1 fully saturated rings. The molecule has 0 N–H and O–H groups in total. The molecule has 4 aromatic rings. The number of imidazole rings is 1. The normalized spacial score (nSPS) is 17.6. The smallest absolute Gasteiger partial charge is 0.341 e. The van der Waals surface area contributed by atoms with Gasteiger partial charge in [0.25, 0.3) is 0 Å². The zero-order valence-corrected chi connectivity index (χ0v) is 19.5. The Morgan fingerprint density at radius 2 is 1.89 bits per heavy atom. The lowest BCUT2D eigenvalue weighted by molar-refractivity contribution is -0.137. The van der Waals surface area contributed by atoms with E-state index in [0.717, 1.165) is 55.2 Å². The van der Waals surface area contributed by atoms with Crippen molar-refractivity contribution in [2.75, 3.05) is 4.90 Å². The largest absolute Gasteiger partial charge is 0.416 e. The van der Waals surface area contributed by atoms with Crippen LogP contribution in [0, 0.1) is 12.7 Å². The molecule has 0 radical (unpaired) electrons. The number of aromatic nitrogens is 7. The highest BCUT2D eigenvalue weighted by atomic mass is 19.4. The lowest BCUT2D eigenvalue weighted by atomic mass is 9.89. The third-order valence-corrected chi connectivity index (χ3v) is 6.90. The number of rotatable bonds is 4. The zero-order valence-electron chi connectivity index (χ0n) is 19.5. The second-order valence-electron chi connectivity index (χ2n) is 9.08. The third kappa shape index (κ3) is 3.46. The van der Waals surface area contributed by atoms with E-state index < -0.39 is 17.6 Å². The summed E-state index contributed by atoms with van der Waals surface area (Å²) < 4.78 is 57.5. The van der Waals surface area contributed by atoms with Crippen molar-refractivity contribution in [2.45, 2.75) is 57.8 Å². The van der Waals surface area contributed by atoms with Crippen LogP contribution >= 0.6 is 0 Å². The second kappa shape index (κ2) is 8.10. The van der Waals surface area contributed by atoms with Gasteiger partial charge in [-0.15, -0.1) is 10.2 Å².